The molecule has 0 saturated carbocycles. The van der Waals surface area contributed by atoms with Gasteiger partial charge in [0.05, 0.1) is 18.0 Å². The third kappa shape index (κ3) is 4.15. The number of nitrogens with two attached hydrogens (primary N) is 1. The van der Waals surface area contributed by atoms with Crippen LogP contribution in [0.5, 0.6) is 11.7 Å². The van der Waals surface area contributed by atoms with Crippen molar-refractivity contribution >= 4 is 5.78 Å². The number of hydrogen-bond donors (Lipinski definition) is 1. The van der Waals surface area contributed by atoms with Crippen molar-refractivity contribution in [3.05, 3.63) is 88.6 Å². The number of ether oxygens (including phenoxy) is 2. The number of alkyl halides is 3. The number of nitrogens with zero attached hydrogens (tertiary/aromatic N) is 3. The molecule has 1 aliphatic heterocycles. The van der Waals surface area contributed by atoms with Crippen molar-refractivity contribution in [1.82, 2.24) is 5.27 Å². The molecule has 2 heterocycles. The van der Waals surface area contributed by atoms with Gasteiger partial charge in [-0.05, 0) is 16.8 Å². The van der Waals surface area contributed by atoms with Crippen LogP contribution in [0.2, 0.25) is 0 Å². The highest BCUT2D eigenvalue weighted by molar-refractivity contribution is 6.10. The molecule has 1 aromatic heterocycles. The first kappa shape index (κ1) is 23.4. The fourth-order valence-corrected chi connectivity index (χ4v) is 3.63. The van der Waals surface area contributed by atoms with Crippen LogP contribution in [0.4, 0.5) is 13.2 Å². The Kier molecular flexibility index (Phi) is 5.92. The summed E-state index contributed by atoms with van der Waals surface area (Å²) in [5, 5.41) is 26.1. The number of carbonyl (C=O) groups is 1. The smallest absolute Gasteiger partial charge is 0.450 e. The van der Waals surface area contributed by atoms with Gasteiger partial charge in [0.15, 0.2) is 11.7 Å². The maximum atomic E-state index is 14.1. The monoisotopic (exact) mass is 484 g/mol. The third-order valence-electron chi connectivity index (χ3n) is 5.19. The highest BCUT2D eigenvalue weighted by Gasteiger charge is 2.51. The Labute approximate surface area is 195 Å². The Morgan fingerprint density at radius 2 is 1.86 bits per heavy atom. The molecule has 2 N–H and O–H groups in total. The van der Waals surface area contributed by atoms with E-state index in [1.54, 1.807) is 12.1 Å². The zero-order valence-corrected chi connectivity index (χ0v) is 17.9. The number of methoxy groups -OCH3 is 1. The fraction of sp³-hybridized carbons (Fsp3) is 0.130. The summed E-state index contributed by atoms with van der Waals surface area (Å²) in [6.07, 6.45) is -5.19. The normalized spacial score (nSPS) is 16.0. The van der Waals surface area contributed by atoms with Crippen molar-refractivity contribution in [3.8, 4) is 23.5 Å². The summed E-state index contributed by atoms with van der Waals surface area (Å²) < 4.78 is 57.6. The van der Waals surface area contributed by atoms with E-state index in [1.807, 2.05) is 0 Å². The minimum atomic E-state index is -5.19. The van der Waals surface area contributed by atoms with Crippen LogP contribution in [0.25, 0.3) is 5.69 Å². The van der Waals surface area contributed by atoms with E-state index in [9.17, 15) is 28.3 Å². The van der Waals surface area contributed by atoms with Crippen molar-refractivity contribution in [1.29, 1.82) is 5.26 Å². The van der Waals surface area contributed by atoms with Crippen molar-refractivity contribution in [2.24, 2.45) is 5.73 Å². The predicted octanol–water partition coefficient (Wildman–Crippen LogP) is 2.54. The number of rotatable bonds is 5. The number of Topliss-reactive ketones (excluding diaryl/α,β-unsaturated/α-hetero) is 1. The molecule has 1 atom stereocenters. The zero-order chi connectivity index (χ0) is 25.3. The van der Waals surface area contributed by atoms with Gasteiger partial charge in [-0.2, -0.15) is 18.4 Å². The van der Waals surface area contributed by atoms with Crippen LogP contribution >= 0.6 is 0 Å². The van der Waals surface area contributed by atoms with Gasteiger partial charge < -0.3 is 24.8 Å². The molecule has 0 aliphatic carbocycles. The maximum Gasteiger partial charge on any atom is 0.450 e. The quantitative estimate of drug-likeness (QED) is 0.431. The summed E-state index contributed by atoms with van der Waals surface area (Å²) in [6, 6.07) is 14.6. The van der Waals surface area contributed by atoms with Crippen molar-refractivity contribution in [3.63, 3.8) is 0 Å². The van der Waals surface area contributed by atoms with Gasteiger partial charge in [-0.3, -0.25) is 4.79 Å². The lowest BCUT2D eigenvalue weighted by atomic mass is 9.82. The maximum absolute atomic E-state index is 14.1. The van der Waals surface area contributed by atoms with Gasteiger partial charge in [0, 0.05) is 17.7 Å². The highest BCUT2D eigenvalue weighted by atomic mass is 19.4. The topological polar surface area (TPSA) is 138 Å². The molecular formula is C23H15F3N4O5. The Balaban J connectivity index is 2.01. The lowest BCUT2D eigenvalue weighted by molar-refractivity contribution is -0.678. The number of allylic oxidation sites excluding steroid dienone is 3. The Hall–Kier alpha value is -4.79. The molecule has 0 amide bonds. The first-order valence-electron chi connectivity index (χ1n) is 9.89. The number of halogens is 3. The van der Waals surface area contributed by atoms with Crippen LogP contribution in [0.15, 0.2) is 81.9 Å². The van der Waals surface area contributed by atoms with E-state index in [-0.39, 0.29) is 11.3 Å². The molecular weight excluding hydrogens is 469 g/mol. The average molecular weight is 484 g/mol. The van der Waals surface area contributed by atoms with Crippen LogP contribution in [-0.4, -0.2) is 24.3 Å². The molecule has 12 heteroatoms. The number of hydrogen-bond acceptors (Lipinski definition) is 8. The first-order chi connectivity index (χ1) is 16.7. The molecule has 4 rings (SSSR count). The van der Waals surface area contributed by atoms with E-state index in [4.69, 9.17) is 19.7 Å². The summed E-state index contributed by atoms with van der Waals surface area (Å²) in [5.74, 6) is -6.38. The summed E-state index contributed by atoms with van der Waals surface area (Å²) >= 11 is 0. The van der Waals surface area contributed by atoms with E-state index in [1.165, 1.54) is 55.6 Å². The van der Waals surface area contributed by atoms with E-state index in [0.29, 0.717) is 5.75 Å². The molecule has 1 unspecified atom stereocenters. The highest BCUT2D eigenvalue weighted by Crippen LogP contribution is 2.46. The minimum absolute atomic E-state index is 0.129. The molecule has 0 spiro atoms. The number of benzene rings is 2. The number of aromatic nitrogens is 2. The largest absolute Gasteiger partial charge is 0.539 e. The van der Waals surface area contributed by atoms with Gasteiger partial charge in [0.1, 0.15) is 23.3 Å². The van der Waals surface area contributed by atoms with Gasteiger partial charge >= 0.3 is 6.18 Å². The van der Waals surface area contributed by atoms with E-state index in [0.717, 1.165) is 4.68 Å². The number of ketones is 1. The Morgan fingerprint density at radius 3 is 2.43 bits per heavy atom. The second kappa shape index (κ2) is 8.86. The summed E-state index contributed by atoms with van der Waals surface area (Å²) in [6.45, 7) is 0. The second-order valence-electron chi connectivity index (χ2n) is 7.22. The van der Waals surface area contributed by atoms with Gasteiger partial charge in [0.2, 0.25) is 17.3 Å². The van der Waals surface area contributed by atoms with Crippen molar-refractivity contribution in [2.75, 3.05) is 7.11 Å². The van der Waals surface area contributed by atoms with E-state index in [2.05, 4.69) is 5.27 Å². The van der Waals surface area contributed by atoms with Crippen LogP contribution < -0.4 is 20.3 Å². The molecule has 0 saturated heterocycles. The lowest BCUT2D eigenvalue weighted by Crippen LogP contribution is -2.41. The zero-order valence-electron chi connectivity index (χ0n) is 17.9. The molecule has 0 fully saturated rings. The number of carbonyl (C=O) groups excluding carboxylic acids is 1. The molecule has 0 radical (unpaired) electrons. The van der Waals surface area contributed by atoms with Crippen molar-refractivity contribution < 1.29 is 41.8 Å². The van der Waals surface area contributed by atoms with E-state index >= 15 is 0 Å². The standard InChI is InChI=1S/C23H15F3N4O5/c1-33-14-9-7-13(8-10-14)30-18(22(32)35-29-30)16-15(11-27)21(28)34-20(23(24,25)26)17(16)19(31)12-5-3-2-4-6-12/h2-10,16H,28H2,1H3. The lowest BCUT2D eigenvalue weighted by Gasteiger charge is -2.27. The molecule has 1 aliphatic rings. The fourth-order valence-electron chi connectivity index (χ4n) is 3.63. The van der Waals surface area contributed by atoms with Crippen LogP contribution in [0.1, 0.15) is 22.0 Å². The molecule has 0 bridgehead atoms. The predicted molar refractivity (Wildman–Crippen MR) is 109 cm³/mol. The molecule has 2 aromatic carbocycles. The van der Waals surface area contributed by atoms with Gasteiger partial charge in [0.25, 0.3) is 5.69 Å². The third-order valence-corrected chi connectivity index (χ3v) is 5.19. The number of nitriles is 1. The van der Waals surface area contributed by atoms with Gasteiger partial charge in [-0.1, -0.05) is 30.3 Å². The average Bonchev–Trinajstić information content (AvgIpc) is 3.23. The molecule has 35 heavy (non-hydrogen) atoms. The first-order valence-corrected chi connectivity index (χ1v) is 9.89. The van der Waals surface area contributed by atoms with Crippen LogP contribution in [-0.2, 0) is 4.74 Å². The van der Waals surface area contributed by atoms with Crippen LogP contribution in [0, 0.1) is 11.3 Å². The summed E-state index contributed by atoms with van der Waals surface area (Å²) in [5.41, 5.74) is 3.59. The van der Waals surface area contributed by atoms with Gasteiger partial charge in [-0.15, -0.1) is 0 Å². The summed E-state index contributed by atoms with van der Waals surface area (Å²) in [4.78, 5) is 13.4. The molecule has 3 aromatic rings. The molecule has 178 valence electrons. The molecule has 9 nitrogen and oxygen atoms in total. The Morgan fingerprint density at radius 1 is 1.20 bits per heavy atom. The van der Waals surface area contributed by atoms with Crippen LogP contribution in [0.3, 0.4) is 0 Å². The second-order valence-corrected chi connectivity index (χ2v) is 7.22. The van der Waals surface area contributed by atoms with Crippen molar-refractivity contribution in [2.45, 2.75) is 12.1 Å². The SMILES string of the molecule is COc1ccc(-[n+]2noc([O-])c2C2C(C#N)=C(N)OC(C(F)(F)F)=C2C(=O)c2ccccc2)cc1. The van der Waals surface area contributed by atoms with E-state index < -0.39 is 52.3 Å². The Bertz CT molecular complexity index is 1390. The minimum Gasteiger partial charge on any atom is -0.539 e. The summed E-state index contributed by atoms with van der Waals surface area (Å²) in [7, 11) is 1.43. The van der Waals surface area contributed by atoms with Gasteiger partial charge in [-0.25, -0.2) is 0 Å².